The fourth-order valence-corrected chi connectivity index (χ4v) is 2.35. The minimum atomic E-state index is -0.489. The first-order valence-corrected chi connectivity index (χ1v) is 7.08. The Morgan fingerprint density at radius 3 is 2.45 bits per heavy atom. The number of likely N-dealkylation sites (tertiary alicyclic amines) is 1. The summed E-state index contributed by atoms with van der Waals surface area (Å²) in [5.74, 6) is 0. The van der Waals surface area contributed by atoms with Crippen LogP contribution in [0, 0.1) is 0 Å². The topological polar surface area (TPSA) is 64.6 Å². The van der Waals surface area contributed by atoms with E-state index in [9.17, 15) is 9.90 Å². The lowest BCUT2D eigenvalue weighted by Crippen LogP contribution is -2.44. The summed E-state index contributed by atoms with van der Waals surface area (Å²) >= 11 is 0. The molecule has 1 aliphatic heterocycles. The van der Waals surface area contributed by atoms with Gasteiger partial charge in [-0.1, -0.05) is 12.1 Å². The van der Waals surface area contributed by atoms with Crippen LogP contribution in [0.1, 0.15) is 31.4 Å². The molecule has 2 amide bonds. The number of aliphatic hydroxyl groups is 1. The van der Waals surface area contributed by atoms with Crippen molar-refractivity contribution in [3.63, 3.8) is 0 Å². The Labute approximate surface area is 120 Å². The first kappa shape index (κ1) is 14.8. The lowest BCUT2D eigenvalue weighted by atomic mass is 10.1. The van der Waals surface area contributed by atoms with Crippen molar-refractivity contribution in [3.05, 3.63) is 29.8 Å². The Morgan fingerprint density at radius 2 is 1.90 bits per heavy atom. The quantitative estimate of drug-likeness (QED) is 0.791. The molecule has 2 rings (SSSR count). The Hall–Kier alpha value is -1.59. The van der Waals surface area contributed by atoms with Gasteiger partial charge in [0, 0.05) is 11.7 Å². The fraction of sp³-hybridized carbons (Fsp3) is 0.533. The van der Waals surface area contributed by atoms with Gasteiger partial charge >= 0.3 is 6.03 Å². The van der Waals surface area contributed by atoms with Crippen molar-refractivity contribution >= 4 is 11.7 Å². The number of piperidine rings is 1. The summed E-state index contributed by atoms with van der Waals surface area (Å²) in [6.07, 6.45) is 1.49. The molecular formula is C15H23N3O2. The predicted molar refractivity (Wildman–Crippen MR) is 79.7 cm³/mol. The molecule has 1 aromatic rings. The second kappa shape index (κ2) is 6.72. The highest BCUT2D eigenvalue weighted by atomic mass is 16.3. The molecule has 0 spiro atoms. The number of aliphatic hydroxyl groups excluding tert-OH is 1. The molecule has 1 fully saturated rings. The number of amides is 2. The first-order chi connectivity index (χ1) is 9.54. The van der Waals surface area contributed by atoms with Gasteiger partial charge in [0.1, 0.15) is 0 Å². The van der Waals surface area contributed by atoms with Crippen LogP contribution in [0.3, 0.4) is 0 Å². The molecule has 0 bridgehead atoms. The maximum atomic E-state index is 11.9. The van der Waals surface area contributed by atoms with Crippen LogP contribution in [0.5, 0.6) is 0 Å². The van der Waals surface area contributed by atoms with Crippen LogP contribution < -0.4 is 10.6 Å². The largest absolute Gasteiger partial charge is 0.389 e. The zero-order chi connectivity index (χ0) is 14.5. The van der Waals surface area contributed by atoms with E-state index in [-0.39, 0.29) is 12.1 Å². The van der Waals surface area contributed by atoms with E-state index in [2.05, 4.69) is 22.6 Å². The van der Waals surface area contributed by atoms with Crippen molar-refractivity contribution in [3.8, 4) is 0 Å². The molecule has 110 valence electrons. The second-order valence-corrected chi connectivity index (χ2v) is 5.47. The van der Waals surface area contributed by atoms with Gasteiger partial charge in [-0.25, -0.2) is 4.79 Å². The number of benzene rings is 1. The molecule has 1 unspecified atom stereocenters. The molecule has 1 atom stereocenters. The van der Waals surface area contributed by atoms with E-state index in [1.54, 1.807) is 19.1 Å². The number of carbonyl (C=O) groups excluding carboxylic acids is 1. The van der Waals surface area contributed by atoms with E-state index < -0.39 is 6.10 Å². The summed E-state index contributed by atoms with van der Waals surface area (Å²) in [5, 5.41) is 15.3. The number of hydrogen-bond acceptors (Lipinski definition) is 3. The minimum absolute atomic E-state index is 0.163. The molecule has 5 heteroatoms. The third-order valence-electron chi connectivity index (χ3n) is 3.70. The summed E-state index contributed by atoms with van der Waals surface area (Å²) < 4.78 is 0. The normalized spacial score (nSPS) is 18.6. The van der Waals surface area contributed by atoms with Crippen molar-refractivity contribution in [1.29, 1.82) is 0 Å². The Balaban J connectivity index is 1.82. The number of nitrogens with zero attached hydrogens (tertiary/aromatic N) is 1. The Kier molecular flexibility index (Phi) is 4.98. The Morgan fingerprint density at radius 1 is 1.30 bits per heavy atom. The average Bonchev–Trinajstić information content (AvgIpc) is 2.42. The van der Waals surface area contributed by atoms with Crippen molar-refractivity contribution in [1.82, 2.24) is 10.2 Å². The van der Waals surface area contributed by atoms with E-state index in [4.69, 9.17) is 0 Å². The van der Waals surface area contributed by atoms with Crippen LogP contribution in [0.25, 0.3) is 0 Å². The van der Waals surface area contributed by atoms with Gasteiger partial charge in [-0.15, -0.1) is 0 Å². The molecule has 0 aliphatic carbocycles. The van der Waals surface area contributed by atoms with Crippen LogP contribution in [0.4, 0.5) is 10.5 Å². The molecule has 1 heterocycles. The van der Waals surface area contributed by atoms with Crippen molar-refractivity contribution in [2.24, 2.45) is 0 Å². The van der Waals surface area contributed by atoms with E-state index in [1.165, 1.54) is 0 Å². The van der Waals surface area contributed by atoms with Crippen molar-refractivity contribution < 1.29 is 9.90 Å². The second-order valence-electron chi connectivity index (χ2n) is 5.47. The summed E-state index contributed by atoms with van der Waals surface area (Å²) in [5.41, 5.74) is 1.58. The predicted octanol–water partition coefficient (Wildman–Crippen LogP) is 1.96. The van der Waals surface area contributed by atoms with Gasteiger partial charge in [0.05, 0.1) is 6.10 Å². The van der Waals surface area contributed by atoms with Gasteiger partial charge in [-0.2, -0.15) is 0 Å². The molecule has 20 heavy (non-hydrogen) atoms. The van der Waals surface area contributed by atoms with E-state index in [0.717, 1.165) is 37.2 Å². The lowest BCUT2D eigenvalue weighted by molar-refractivity contribution is 0.199. The minimum Gasteiger partial charge on any atom is -0.389 e. The Bertz CT molecular complexity index is 437. The lowest BCUT2D eigenvalue weighted by Gasteiger charge is -2.29. The van der Waals surface area contributed by atoms with Crippen LogP contribution in [0.2, 0.25) is 0 Å². The number of hydrogen-bond donors (Lipinski definition) is 3. The maximum Gasteiger partial charge on any atom is 0.319 e. The molecule has 1 aromatic carbocycles. The van der Waals surface area contributed by atoms with Crippen LogP contribution in [0.15, 0.2) is 24.3 Å². The summed E-state index contributed by atoms with van der Waals surface area (Å²) in [4.78, 5) is 14.2. The molecule has 0 saturated carbocycles. The molecule has 1 aliphatic rings. The van der Waals surface area contributed by atoms with Gasteiger partial charge in [0.15, 0.2) is 0 Å². The number of urea groups is 1. The number of anilines is 1. The van der Waals surface area contributed by atoms with Gasteiger partial charge in [0.2, 0.25) is 0 Å². The van der Waals surface area contributed by atoms with Crippen LogP contribution in [-0.2, 0) is 0 Å². The summed E-state index contributed by atoms with van der Waals surface area (Å²) in [6.45, 7) is 3.76. The summed E-state index contributed by atoms with van der Waals surface area (Å²) in [6, 6.07) is 7.32. The summed E-state index contributed by atoms with van der Waals surface area (Å²) in [7, 11) is 2.10. The van der Waals surface area contributed by atoms with E-state index in [1.807, 2.05) is 12.1 Å². The highest BCUT2D eigenvalue weighted by molar-refractivity contribution is 5.89. The monoisotopic (exact) mass is 277 g/mol. The van der Waals surface area contributed by atoms with E-state index >= 15 is 0 Å². The van der Waals surface area contributed by atoms with Gasteiger partial charge in [-0.05, 0) is 57.6 Å². The smallest absolute Gasteiger partial charge is 0.319 e. The molecule has 0 aromatic heterocycles. The van der Waals surface area contributed by atoms with Crippen LogP contribution >= 0.6 is 0 Å². The molecule has 5 nitrogen and oxygen atoms in total. The number of carbonyl (C=O) groups is 1. The molecule has 0 radical (unpaired) electrons. The van der Waals surface area contributed by atoms with Crippen molar-refractivity contribution in [2.75, 3.05) is 25.5 Å². The number of nitrogens with one attached hydrogen (secondary N) is 2. The zero-order valence-corrected chi connectivity index (χ0v) is 12.1. The number of rotatable bonds is 3. The standard InChI is InChI=1S/C15H23N3O2/c1-11(19)12-3-5-13(6-4-12)16-15(20)17-14-7-9-18(2)10-8-14/h3-6,11,14,19H,7-10H2,1-2H3,(H2,16,17,20). The zero-order valence-electron chi connectivity index (χ0n) is 12.1. The SMILES string of the molecule is CC(O)c1ccc(NC(=O)NC2CCN(C)CC2)cc1. The molecular weight excluding hydrogens is 254 g/mol. The van der Waals surface area contributed by atoms with Gasteiger partial charge < -0.3 is 20.6 Å². The molecule has 3 N–H and O–H groups in total. The van der Waals surface area contributed by atoms with Gasteiger partial charge in [0.25, 0.3) is 0 Å². The molecule has 1 saturated heterocycles. The highest BCUT2D eigenvalue weighted by Crippen LogP contribution is 2.15. The van der Waals surface area contributed by atoms with Gasteiger partial charge in [-0.3, -0.25) is 0 Å². The maximum absolute atomic E-state index is 11.9. The third kappa shape index (κ3) is 4.21. The third-order valence-corrected chi connectivity index (χ3v) is 3.70. The highest BCUT2D eigenvalue weighted by Gasteiger charge is 2.18. The first-order valence-electron chi connectivity index (χ1n) is 7.08. The van der Waals surface area contributed by atoms with E-state index in [0.29, 0.717) is 0 Å². The average molecular weight is 277 g/mol. The van der Waals surface area contributed by atoms with Crippen molar-refractivity contribution in [2.45, 2.75) is 31.9 Å². The fourth-order valence-electron chi connectivity index (χ4n) is 2.35. The van der Waals surface area contributed by atoms with Crippen LogP contribution in [-0.4, -0.2) is 42.2 Å².